The average molecular weight is 360 g/mol. The molecule has 1 aliphatic heterocycles. The van der Waals surface area contributed by atoms with Crippen LogP contribution in [0, 0.1) is 0 Å². The molecule has 1 heterocycles. The molecule has 1 saturated heterocycles. The third-order valence-corrected chi connectivity index (χ3v) is 4.28. The smallest absolute Gasteiger partial charge is 0.243 e. The second-order valence-corrected chi connectivity index (χ2v) is 6.19. The number of hydrogen-bond acceptors (Lipinski definition) is 4. The van der Waals surface area contributed by atoms with Crippen LogP contribution in [0.1, 0.15) is 6.92 Å². The van der Waals surface area contributed by atoms with E-state index in [2.05, 4.69) is 10.6 Å². The van der Waals surface area contributed by atoms with E-state index in [-0.39, 0.29) is 24.5 Å². The fourth-order valence-corrected chi connectivity index (χ4v) is 2.61. The number of hydrogen-bond donors (Lipinski definition) is 2. The maximum Gasteiger partial charge on any atom is 0.243 e. The Kier molecular flexibility index (Phi) is 6.24. The van der Waals surface area contributed by atoms with Crippen molar-refractivity contribution < 1.29 is 14.3 Å². The van der Waals surface area contributed by atoms with Crippen molar-refractivity contribution >= 4 is 40.7 Å². The second-order valence-electron chi connectivity index (χ2n) is 5.38. The normalized spacial score (nSPS) is 20.9. The SMILES string of the molecule is C[C@H]1OCCN[C@@H]1C(=O)N(C)CC(=O)Nc1ccc(Cl)c(Cl)c1. The Bertz CT molecular complexity index is 597. The van der Waals surface area contributed by atoms with Crippen LogP contribution in [0.3, 0.4) is 0 Å². The van der Waals surface area contributed by atoms with Crippen molar-refractivity contribution in [3.05, 3.63) is 28.2 Å². The molecule has 2 N–H and O–H groups in total. The molecule has 0 unspecified atom stereocenters. The van der Waals surface area contributed by atoms with Crippen LogP contribution in [-0.2, 0) is 14.3 Å². The zero-order chi connectivity index (χ0) is 17.0. The number of anilines is 1. The standard InChI is InChI=1S/C15H19Cl2N3O3/c1-9-14(18-5-6-23-9)15(22)20(2)8-13(21)19-10-3-4-11(16)12(17)7-10/h3-4,7,9,14,18H,5-6,8H2,1-2H3,(H,19,21)/t9-,14+/m1/s1. The van der Waals surface area contributed by atoms with Crippen LogP contribution in [0.15, 0.2) is 18.2 Å². The average Bonchev–Trinajstić information content (AvgIpc) is 2.50. The molecule has 0 bridgehead atoms. The van der Waals surface area contributed by atoms with E-state index in [1.807, 2.05) is 6.92 Å². The third-order valence-electron chi connectivity index (χ3n) is 3.54. The molecule has 6 nitrogen and oxygen atoms in total. The Labute approximate surface area is 145 Å². The lowest BCUT2D eigenvalue weighted by Crippen LogP contribution is -2.56. The molecule has 0 aliphatic carbocycles. The molecule has 1 aromatic carbocycles. The van der Waals surface area contributed by atoms with E-state index >= 15 is 0 Å². The summed E-state index contributed by atoms with van der Waals surface area (Å²) in [5.41, 5.74) is 0.526. The molecule has 0 saturated carbocycles. The summed E-state index contributed by atoms with van der Waals surface area (Å²) in [5.74, 6) is -0.495. The fourth-order valence-electron chi connectivity index (χ4n) is 2.31. The van der Waals surface area contributed by atoms with Gasteiger partial charge in [-0.15, -0.1) is 0 Å². The number of nitrogens with one attached hydrogen (secondary N) is 2. The van der Waals surface area contributed by atoms with Gasteiger partial charge in [0.05, 0.1) is 29.3 Å². The number of nitrogens with zero attached hydrogens (tertiary/aromatic N) is 1. The van der Waals surface area contributed by atoms with Crippen LogP contribution in [0.25, 0.3) is 0 Å². The molecule has 0 radical (unpaired) electrons. The van der Waals surface area contributed by atoms with E-state index in [1.165, 1.54) is 4.90 Å². The number of ether oxygens (including phenoxy) is 1. The minimum atomic E-state index is -0.438. The zero-order valence-electron chi connectivity index (χ0n) is 12.9. The molecule has 0 aromatic heterocycles. The van der Waals surface area contributed by atoms with E-state index in [1.54, 1.807) is 25.2 Å². The molecular weight excluding hydrogens is 341 g/mol. The van der Waals surface area contributed by atoms with Crippen molar-refractivity contribution in [3.63, 3.8) is 0 Å². The molecule has 8 heteroatoms. The van der Waals surface area contributed by atoms with Crippen LogP contribution < -0.4 is 10.6 Å². The van der Waals surface area contributed by atoms with Crippen molar-refractivity contribution in [1.29, 1.82) is 0 Å². The van der Waals surface area contributed by atoms with E-state index in [0.717, 1.165) is 0 Å². The van der Waals surface area contributed by atoms with Crippen molar-refractivity contribution in [2.24, 2.45) is 0 Å². The minimum Gasteiger partial charge on any atom is -0.375 e. The van der Waals surface area contributed by atoms with Crippen molar-refractivity contribution in [1.82, 2.24) is 10.2 Å². The fraction of sp³-hybridized carbons (Fsp3) is 0.467. The number of likely N-dealkylation sites (N-methyl/N-ethyl adjacent to an activating group) is 1. The highest BCUT2D eigenvalue weighted by molar-refractivity contribution is 6.42. The lowest BCUT2D eigenvalue weighted by Gasteiger charge is -2.32. The monoisotopic (exact) mass is 359 g/mol. The predicted octanol–water partition coefficient (Wildman–Crippen LogP) is 1.77. The maximum absolute atomic E-state index is 12.4. The Balaban J connectivity index is 1.90. The van der Waals surface area contributed by atoms with E-state index in [9.17, 15) is 9.59 Å². The van der Waals surface area contributed by atoms with Gasteiger partial charge < -0.3 is 20.3 Å². The van der Waals surface area contributed by atoms with Gasteiger partial charge in [-0.25, -0.2) is 0 Å². The second kappa shape index (κ2) is 7.97. The van der Waals surface area contributed by atoms with Gasteiger partial charge in [-0.2, -0.15) is 0 Å². The van der Waals surface area contributed by atoms with Gasteiger partial charge in [0, 0.05) is 19.3 Å². The summed E-state index contributed by atoms with van der Waals surface area (Å²) >= 11 is 11.7. The van der Waals surface area contributed by atoms with Gasteiger partial charge in [0.25, 0.3) is 0 Å². The van der Waals surface area contributed by atoms with Gasteiger partial charge in [0.1, 0.15) is 6.04 Å². The van der Waals surface area contributed by atoms with Gasteiger partial charge in [-0.1, -0.05) is 23.2 Å². The zero-order valence-corrected chi connectivity index (χ0v) is 14.4. The number of benzene rings is 1. The third kappa shape index (κ3) is 4.81. The molecule has 23 heavy (non-hydrogen) atoms. The molecule has 0 spiro atoms. The van der Waals surface area contributed by atoms with Gasteiger partial charge in [0.15, 0.2) is 0 Å². The quantitative estimate of drug-likeness (QED) is 0.859. The first-order chi connectivity index (χ1) is 10.9. The Morgan fingerprint density at radius 2 is 2.13 bits per heavy atom. The summed E-state index contributed by atoms with van der Waals surface area (Å²) < 4.78 is 5.45. The minimum absolute atomic E-state index is 0.0655. The summed E-state index contributed by atoms with van der Waals surface area (Å²) in [6, 6.07) is 4.36. The first-order valence-corrected chi connectivity index (χ1v) is 7.99. The van der Waals surface area contributed by atoms with Gasteiger partial charge in [-0.05, 0) is 25.1 Å². The molecule has 2 atom stereocenters. The Morgan fingerprint density at radius 1 is 1.39 bits per heavy atom. The molecule has 1 fully saturated rings. The van der Waals surface area contributed by atoms with Crippen molar-refractivity contribution in [3.8, 4) is 0 Å². The van der Waals surface area contributed by atoms with Crippen LogP contribution in [0.2, 0.25) is 10.0 Å². The van der Waals surface area contributed by atoms with Crippen LogP contribution in [-0.4, -0.2) is 55.6 Å². The highest BCUT2D eigenvalue weighted by Crippen LogP contribution is 2.24. The lowest BCUT2D eigenvalue weighted by atomic mass is 10.1. The van der Waals surface area contributed by atoms with Crippen LogP contribution in [0.4, 0.5) is 5.69 Å². The lowest BCUT2D eigenvalue weighted by molar-refractivity contribution is -0.140. The molecule has 1 aliphatic rings. The number of amides is 2. The van der Waals surface area contributed by atoms with E-state index in [4.69, 9.17) is 27.9 Å². The summed E-state index contributed by atoms with van der Waals surface area (Å²) in [7, 11) is 1.58. The number of rotatable bonds is 4. The van der Waals surface area contributed by atoms with Gasteiger partial charge >= 0.3 is 0 Å². The maximum atomic E-state index is 12.4. The van der Waals surface area contributed by atoms with Gasteiger partial charge in [0.2, 0.25) is 11.8 Å². The van der Waals surface area contributed by atoms with Crippen molar-refractivity contribution in [2.75, 3.05) is 32.1 Å². The van der Waals surface area contributed by atoms with E-state index < -0.39 is 6.04 Å². The van der Waals surface area contributed by atoms with Crippen LogP contribution >= 0.6 is 23.2 Å². The molecular formula is C15H19Cl2N3O3. The summed E-state index contributed by atoms with van der Waals surface area (Å²) in [5, 5.41) is 6.55. The number of carbonyl (C=O) groups is 2. The van der Waals surface area contributed by atoms with Crippen molar-refractivity contribution in [2.45, 2.75) is 19.1 Å². The van der Waals surface area contributed by atoms with Crippen LogP contribution in [0.5, 0.6) is 0 Å². The largest absolute Gasteiger partial charge is 0.375 e. The molecule has 126 valence electrons. The first-order valence-electron chi connectivity index (χ1n) is 7.23. The predicted molar refractivity (Wildman–Crippen MR) is 89.9 cm³/mol. The summed E-state index contributed by atoms with van der Waals surface area (Å²) in [6.07, 6.45) is -0.225. The van der Waals surface area contributed by atoms with Gasteiger partial charge in [-0.3, -0.25) is 9.59 Å². The molecule has 1 aromatic rings. The topological polar surface area (TPSA) is 70.7 Å². The number of carbonyl (C=O) groups excluding carboxylic acids is 2. The summed E-state index contributed by atoms with van der Waals surface area (Å²) in [4.78, 5) is 25.8. The Hall–Kier alpha value is -1.34. The number of halogens is 2. The molecule has 2 amide bonds. The first kappa shape index (κ1) is 18.0. The summed E-state index contributed by atoms with van der Waals surface area (Å²) in [6.45, 7) is 2.96. The highest BCUT2D eigenvalue weighted by atomic mass is 35.5. The number of morpholine rings is 1. The highest BCUT2D eigenvalue weighted by Gasteiger charge is 2.31. The molecule has 2 rings (SSSR count). The van der Waals surface area contributed by atoms with E-state index in [0.29, 0.717) is 28.9 Å². The Morgan fingerprint density at radius 3 is 2.78 bits per heavy atom.